The molecular formula is C8H13N3OS. The number of nitrogens with zero attached hydrogens (tertiary/aromatic N) is 2. The fourth-order valence-corrected chi connectivity index (χ4v) is 1.95. The van der Waals surface area contributed by atoms with Gasteiger partial charge < -0.3 is 10.1 Å². The summed E-state index contributed by atoms with van der Waals surface area (Å²) in [6.07, 6.45) is 2.46. The fourth-order valence-electron chi connectivity index (χ4n) is 1.41. The minimum atomic E-state index is 0.504. The maximum absolute atomic E-state index is 5.49. The van der Waals surface area contributed by atoms with E-state index in [1.807, 2.05) is 6.92 Å². The van der Waals surface area contributed by atoms with Crippen molar-refractivity contribution in [1.82, 2.24) is 14.7 Å². The van der Waals surface area contributed by atoms with Crippen LogP contribution in [0, 0.1) is 6.92 Å². The van der Waals surface area contributed by atoms with Crippen LogP contribution in [0.25, 0.3) is 0 Å². The van der Waals surface area contributed by atoms with Gasteiger partial charge in [0.1, 0.15) is 12.4 Å². The quantitative estimate of drug-likeness (QED) is 0.788. The Morgan fingerprint density at radius 2 is 2.62 bits per heavy atom. The molecule has 0 aliphatic carbocycles. The predicted octanol–water partition coefficient (Wildman–Crippen LogP) is 0.977. The number of rotatable bonds is 3. The van der Waals surface area contributed by atoms with E-state index in [1.165, 1.54) is 24.4 Å². The molecule has 1 N–H and O–H groups in total. The van der Waals surface area contributed by atoms with Gasteiger partial charge in [-0.05, 0) is 26.3 Å². The molecule has 1 atom stereocenters. The molecule has 1 fully saturated rings. The normalized spacial score (nSPS) is 22.1. The molecule has 1 saturated heterocycles. The monoisotopic (exact) mass is 199 g/mol. The Balaban J connectivity index is 1.78. The zero-order chi connectivity index (χ0) is 9.10. The molecule has 1 aliphatic heterocycles. The molecular weight excluding hydrogens is 186 g/mol. The molecule has 1 aromatic rings. The molecule has 1 aliphatic rings. The second kappa shape index (κ2) is 4.02. The van der Waals surface area contributed by atoms with Gasteiger partial charge in [0.05, 0.1) is 0 Å². The minimum absolute atomic E-state index is 0.504. The van der Waals surface area contributed by atoms with E-state index in [0.29, 0.717) is 17.8 Å². The lowest BCUT2D eigenvalue weighted by molar-refractivity contribution is 0.275. The topological polar surface area (TPSA) is 47.0 Å². The Labute approximate surface area is 81.5 Å². The van der Waals surface area contributed by atoms with Crippen LogP contribution in [-0.4, -0.2) is 28.6 Å². The van der Waals surface area contributed by atoms with E-state index in [4.69, 9.17) is 4.74 Å². The number of aryl methyl sites for hydroxylation is 1. The summed E-state index contributed by atoms with van der Waals surface area (Å²) in [5, 5.41) is 4.05. The SMILES string of the molecule is Cc1nsc(OCC2CCCN2)n1. The Morgan fingerprint density at radius 3 is 3.23 bits per heavy atom. The van der Waals surface area contributed by atoms with Gasteiger partial charge in [0.15, 0.2) is 0 Å². The average Bonchev–Trinajstić information content (AvgIpc) is 2.71. The molecule has 2 rings (SSSR count). The van der Waals surface area contributed by atoms with E-state index in [1.54, 1.807) is 0 Å². The van der Waals surface area contributed by atoms with E-state index in [-0.39, 0.29) is 0 Å². The standard InChI is InChI=1S/C8H13N3OS/c1-6-10-8(13-11-6)12-5-7-3-2-4-9-7/h7,9H,2-5H2,1H3. The molecule has 4 nitrogen and oxygen atoms in total. The minimum Gasteiger partial charge on any atom is -0.467 e. The highest BCUT2D eigenvalue weighted by atomic mass is 32.1. The van der Waals surface area contributed by atoms with Crippen LogP contribution in [0.3, 0.4) is 0 Å². The maximum atomic E-state index is 5.49. The van der Waals surface area contributed by atoms with Gasteiger partial charge in [-0.2, -0.15) is 9.36 Å². The van der Waals surface area contributed by atoms with E-state index >= 15 is 0 Å². The average molecular weight is 199 g/mol. The predicted molar refractivity (Wildman–Crippen MR) is 51.2 cm³/mol. The van der Waals surface area contributed by atoms with E-state index in [0.717, 1.165) is 12.4 Å². The van der Waals surface area contributed by atoms with Crippen LogP contribution in [0.1, 0.15) is 18.7 Å². The number of hydrogen-bond acceptors (Lipinski definition) is 5. The van der Waals surface area contributed by atoms with Gasteiger partial charge in [-0.1, -0.05) is 0 Å². The van der Waals surface area contributed by atoms with Crippen molar-refractivity contribution < 1.29 is 4.74 Å². The van der Waals surface area contributed by atoms with Crippen molar-refractivity contribution in [2.24, 2.45) is 0 Å². The van der Waals surface area contributed by atoms with E-state index < -0.39 is 0 Å². The first-order chi connectivity index (χ1) is 6.34. The molecule has 0 saturated carbocycles. The smallest absolute Gasteiger partial charge is 0.293 e. The van der Waals surface area contributed by atoms with Crippen molar-refractivity contribution in [3.05, 3.63) is 5.82 Å². The van der Waals surface area contributed by atoms with Crippen LogP contribution in [0.15, 0.2) is 0 Å². The second-order valence-corrected chi connectivity index (χ2v) is 3.93. The first-order valence-corrected chi connectivity index (χ1v) is 5.28. The van der Waals surface area contributed by atoms with Crippen LogP contribution >= 0.6 is 11.5 Å². The molecule has 0 spiro atoms. The Bertz CT molecular complexity index is 270. The largest absolute Gasteiger partial charge is 0.467 e. The van der Waals surface area contributed by atoms with Crippen molar-refractivity contribution in [2.45, 2.75) is 25.8 Å². The van der Waals surface area contributed by atoms with Crippen molar-refractivity contribution in [2.75, 3.05) is 13.2 Å². The number of ether oxygens (including phenoxy) is 1. The van der Waals surface area contributed by atoms with Gasteiger partial charge in [-0.15, -0.1) is 0 Å². The molecule has 0 bridgehead atoms. The molecule has 0 aromatic carbocycles. The number of aromatic nitrogens is 2. The van der Waals surface area contributed by atoms with Gasteiger partial charge in [0, 0.05) is 17.6 Å². The third-order valence-electron chi connectivity index (χ3n) is 2.08. The Kier molecular flexibility index (Phi) is 2.75. The van der Waals surface area contributed by atoms with Crippen molar-refractivity contribution in [3.8, 4) is 5.19 Å². The molecule has 13 heavy (non-hydrogen) atoms. The summed E-state index contributed by atoms with van der Waals surface area (Å²) in [6, 6.07) is 0.504. The number of hydrogen-bond donors (Lipinski definition) is 1. The lowest BCUT2D eigenvalue weighted by atomic mass is 10.2. The third-order valence-corrected chi connectivity index (χ3v) is 2.80. The Hall–Kier alpha value is -0.680. The lowest BCUT2D eigenvalue weighted by Crippen LogP contribution is -2.28. The van der Waals surface area contributed by atoms with Crippen molar-refractivity contribution >= 4 is 11.5 Å². The van der Waals surface area contributed by atoms with Gasteiger partial charge >= 0.3 is 0 Å². The second-order valence-electron chi connectivity index (χ2n) is 3.21. The van der Waals surface area contributed by atoms with Crippen LogP contribution in [0.2, 0.25) is 0 Å². The first-order valence-electron chi connectivity index (χ1n) is 4.51. The molecule has 0 amide bonds. The summed E-state index contributed by atoms with van der Waals surface area (Å²) in [5.41, 5.74) is 0. The fraction of sp³-hybridized carbons (Fsp3) is 0.750. The molecule has 1 unspecified atom stereocenters. The highest BCUT2D eigenvalue weighted by Gasteiger charge is 2.15. The van der Waals surface area contributed by atoms with Gasteiger partial charge in [0.25, 0.3) is 5.19 Å². The van der Waals surface area contributed by atoms with Gasteiger partial charge in [-0.25, -0.2) is 0 Å². The summed E-state index contributed by atoms with van der Waals surface area (Å²) >= 11 is 1.32. The summed E-state index contributed by atoms with van der Waals surface area (Å²) < 4.78 is 9.54. The van der Waals surface area contributed by atoms with Crippen molar-refractivity contribution in [1.29, 1.82) is 0 Å². The molecule has 5 heteroatoms. The van der Waals surface area contributed by atoms with Crippen LogP contribution in [-0.2, 0) is 0 Å². The number of nitrogens with one attached hydrogen (secondary N) is 1. The Morgan fingerprint density at radius 1 is 1.69 bits per heavy atom. The highest BCUT2D eigenvalue weighted by molar-refractivity contribution is 7.07. The van der Waals surface area contributed by atoms with Crippen LogP contribution in [0.5, 0.6) is 5.19 Å². The van der Waals surface area contributed by atoms with Crippen LogP contribution < -0.4 is 10.1 Å². The van der Waals surface area contributed by atoms with E-state index in [2.05, 4.69) is 14.7 Å². The molecule has 2 heterocycles. The maximum Gasteiger partial charge on any atom is 0.293 e. The zero-order valence-corrected chi connectivity index (χ0v) is 8.43. The van der Waals surface area contributed by atoms with E-state index in [9.17, 15) is 0 Å². The zero-order valence-electron chi connectivity index (χ0n) is 7.62. The molecule has 72 valence electrons. The first kappa shape index (κ1) is 8.90. The summed E-state index contributed by atoms with van der Waals surface area (Å²) in [7, 11) is 0. The molecule has 1 aromatic heterocycles. The lowest BCUT2D eigenvalue weighted by Gasteiger charge is -2.08. The summed E-state index contributed by atoms with van der Waals surface area (Å²) in [5.74, 6) is 0.791. The van der Waals surface area contributed by atoms with Crippen molar-refractivity contribution in [3.63, 3.8) is 0 Å². The van der Waals surface area contributed by atoms with Gasteiger partial charge in [0.2, 0.25) is 0 Å². The molecule has 0 radical (unpaired) electrons. The van der Waals surface area contributed by atoms with Crippen LogP contribution in [0.4, 0.5) is 0 Å². The highest BCUT2D eigenvalue weighted by Crippen LogP contribution is 2.14. The summed E-state index contributed by atoms with van der Waals surface area (Å²) in [4.78, 5) is 4.13. The third kappa shape index (κ3) is 2.38. The van der Waals surface area contributed by atoms with Gasteiger partial charge in [-0.3, -0.25) is 0 Å². The summed E-state index contributed by atoms with van der Waals surface area (Å²) in [6.45, 7) is 3.70.